The zero-order valence-corrected chi connectivity index (χ0v) is 21.1. The highest BCUT2D eigenvalue weighted by molar-refractivity contribution is 9.10. The summed E-state index contributed by atoms with van der Waals surface area (Å²) in [5.41, 5.74) is 1.11. The van der Waals surface area contributed by atoms with E-state index >= 15 is 0 Å². The normalized spacial score (nSPS) is 23.8. The fourth-order valence-corrected chi connectivity index (χ4v) is 5.96. The van der Waals surface area contributed by atoms with E-state index in [1.807, 2.05) is 24.3 Å². The first-order chi connectivity index (χ1) is 18.1. The lowest BCUT2D eigenvalue weighted by Crippen LogP contribution is -2.46. The molecule has 3 aliphatic rings. The Morgan fingerprint density at radius 3 is 2.34 bits per heavy atom. The second kappa shape index (κ2) is 8.83. The van der Waals surface area contributed by atoms with Gasteiger partial charge < -0.3 is 10.2 Å². The van der Waals surface area contributed by atoms with Gasteiger partial charge in [0.1, 0.15) is 6.04 Å². The van der Waals surface area contributed by atoms with Crippen LogP contribution in [0.4, 0.5) is 24.5 Å². The molecular weight excluding hydrogens is 563 g/mol. The van der Waals surface area contributed by atoms with E-state index in [-0.39, 0.29) is 5.69 Å². The summed E-state index contributed by atoms with van der Waals surface area (Å²) in [5, 5.41) is 2.56. The number of fused-ring (bicyclic) bond motifs is 5. The third-order valence-corrected chi connectivity index (χ3v) is 7.80. The first kappa shape index (κ1) is 24.4. The maximum Gasteiger partial charge on any atom is 0.416 e. The second-order valence-electron chi connectivity index (χ2n) is 9.39. The zero-order valence-electron chi connectivity index (χ0n) is 19.5. The first-order valence-electron chi connectivity index (χ1n) is 11.8. The number of hydrogen-bond acceptors (Lipinski definition) is 4. The second-order valence-corrected chi connectivity index (χ2v) is 10.3. The van der Waals surface area contributed by atoms with Crippen LogP contribution in [0.25, 0.3) is 6.08 Å². The van der Waals surface area contributed by atoms with Crippen LogP contribution in [0.1, 0.15) is 22.7 Å². The molecule has 1 N–H and O–H groups in total. The number of alkyl halides is 3. The molecule has 0 bridgehead atoms. The van der Waals surface area contributed by atoms with Crippen molar-refractivity contribution in [1.82, 2.24) is 4.90 Å². The number of nitrogens with zero attached hydrogens (tertiary/aromatic N) is 2. The van der Waals surface area contributed by atoms with Gasteiger partial charge in [0, 0.05) is 16.4 Å². The minimum atomic E-state index is -4.58. The van der Waals surface area contributed by atoms with Crippen molar-refractivity contribution in [3.63, 3.8) is 0 Å². The van der Waals surface area contributed by atoms with Crippen LogP contribution in [-0.2, 0) is 20.6 Å². The van der Waals surface area contributed by atoms with Crippen LogP contribution in [-0.4, -0.2) is 28.7 Å². The molecule has 0 spiro atoms. The average molecular weight is 582 g/mol. The van der Waals surface area contributed by atoms with E-state index in [4.69, 9.17) is 0 Å². The van der Waals surface area contributed by atoms with Gasteiger partial charge >= 0.3 is 6.18 Å². The molecule has 3 aromatic carbocycles. The SMILES string of the molecule is O=C(Nc1cccc(C(F)(F)F)c1)C1C2C(=O)N(c3ccc(Br)cc3)C(=O)C2C2c3ccccc3C=CN12. The van der Waals surface area contributed by atoms with E-state index in [9.17, 15) is 27.6 Å². The molecule has 0 aliphatic carbocycles. The molecule has 3 aliphatic heterocycles. The lowest BCUT2D eigenvalue weighted by atomic mass is 9.84. The maximum absolute atomic E-state index is 13.8. The molecule has 192 valence electrons. The van der Waals surface area contributed by atoms with E-state index < -0.39 is 53.4 Å². The molecule has 6 rings (SSSR count). The highest BCUT2D eigenvalue weighted by Crippen LogP contribution is 2.53. The number of anilines is 2. The first-order valence-corrected chi connectivity index (χ1v) is 12.6. The molecule has 3 aromatic rings. The number of hydrogen-bond donors (Lipinski definition) is 1. The van der Waals surface area contributed by atoms with Crippen molar-refractivity contribution < 1.29 is 27.6 Å². The van der Waals surface area contributed by atoms with E-state index in [0.29, 0.717) is 5.69 Å². The molecule has 6 nitrogen and oxygen atoms in total. The Morgan fingerprint density at radius 2 is 1.61 bits per heavy atom. The molecule has 0 radical (unpaired) electrons. The van der Waals surface area contributed by atoms with Gasteiger partial charge in [-0.3, -0.25) is 14.4 Å². The minimum absolute atomic E-state index is 0.0484. The Labute approximate surface area is 223 Å². The van der Waals surface area contributed by atoms with Gasteiger partial charge in [-0.2, -0.15) is 13.2 Å². The summed E-state index contributed by atoms with van der Waals surface area (Å²) in [4.78, 5) is 44.1. The van der Waals surface area contributed by atoms with Gasteiger partial charge in [0.2, 0.25) is 17.7 Å². The number of carbonyl (C=O) groups is 3. The summed E-state index contributed by atoms with van der Waals surface area (Å²) in [6.07, 6.45) is -1.09. The van der Waals surface area contributed by atoms with Crippen LogP contribution in [0.2, 0.25) is 0 Å². The third kappa shape index (κ3) is 3.82. The Hall–Kier alpha value is -3.92. The molecule has 0 saturated carbocycles. The molecule has 4 unspecified atom stereocenters. The summed E-state index contributed by atoms with van der Waals surface area (Å²) in [6, 6.07) is 16.8. The summed E-state index contributed by atoms with van der Waals surface area (Å²) >= 11 is 3.35. The van der Waals surface area contributed by atoms with Gasteiger partial charge in [-0.1, -0.05) is 46.3 Å². The Bertz CT molecular complexity index is 1500. The van der Waals surface area contributed by atoms with Gasteiger partial charge in [-0.05, 0) is 59.7 Å². The molecule has 0 aromatic heterocycles. The third-order valence-electron chi connectivity index (χ3n) is 7.27. The van der Waals surface area contributed by atoms with E-state index in [2.05, 4.69) is 21.2 Å². The highest BCUT2D eigenvalue weighted by Gasteiger charge is 2.64. The zero-order chi connectivity index (χ0) is 26.8. The molecule has 38 heavy (non-hydrogen) atoms. The summed E-state index contributed by atoms with van der Waals surface area (Å²) in [6.45, 7) is 0. The van der Waals surface area contributed by atoms with Gasteiger partial charge in [-0.15, -0.1) is 0 Å². The van der Waals surface area contributed by atoms with Crippen molar-refractivity contribution in [3.8, 4) is 0 Å². The highest BCUT2D eigenvalue weighted by atomic mass is 79.9. The maximum atomic E-state index is 13.8. The predicted molar refractivity (Wildman–Crippen MR) is 138 cm³/mol. The van der Waals surface area contributed by atoms with Gasteiger partial charge in [0.15, 0.2) is 0 Å². The summed E-state index contributed by atoms with van der Waals surface area (Å²) < 4.78 is 40.5. The van der Waals surface area contributed by atoms with Crippen molar-refractivity contribution in [3.05, 3.63) is 100 Å². The van der Waals surface area contributed by atoms with Crippen molar-refractivity contribution in [1.29, 1.82) is 0 Å². The average Bonchev–Trinajstić information content (AvgIpc) is 3.37. The quantitative estimate of drug-likeness (QED) is 0.407. The topological polar surface area (TPSA) is 69.7 Å². The monoisotopic (exact) mass is 581 g/mol. The number of imide groups is 1. The standard InChI is InChI=1S/C28H19BrF3N3O3/c29-17-8-10-19(11-9-17)35-26(37)21-22(27(35)38)24(34-13-12-15-4-1-2-7-20(15)23(21)34)25(36)33-18-6-3-5-16(14-18)28(30,31)32/h1-14,21-24H,(H,33,36). The molecule has 2 saturated heterocycles. The largest absolute Gasteiger partial charge is 0.416 e. The number of benzene rings is 3. The van der Waals surface area contributed by atoms with Gasteiger partial charge in [0.05, 0.1) is 29.1 Å². The minimum Gasteiger partial charge on any atom is -0.357 e. The van der Waals surface area contributed by atoms with Crippen LogP contribution in [0, 0.1) is 11.8 Å². The van der Waals surface area contributed by atoms with Crippen molar-refractivity contribution in [2.45, 2.75) is 18.3 Å². The van der Waals surface area contributed by atoms with Crippen LogP contribution in [0.3, 0.4) is 0 Å². The smallest absolute Gasteiger partial charge is 0.357 e. The Morgan fingerprint density at radius 1 is 0.895 bits per heavy atom. The van der Waals surface area contributed by atoms with Gasteiger partial charge in [-0.25, -0.2) is 4.90 Å². The number of halogens is 4. The molecule has 3 amide bonds. The van der Waals surface area contributed by atoms with E-state index in [1.165, 1.54) is 12.1 Å². The van der Waals surface area contributed by atoms with Crippen molar-refractivity contribution in [2.24, 2.45) is 11.8 Å². The van der Waals surface area contributed by atoms with Crippen LogP contribution in [0.15, 0.2) is 83.5 Å². The lowest BCUT2D eigenvalue weighted by molar-refractivity contribution is -0.137. The molecule has 3 heterocycles. The molecule has 2 fully saturated rings. The molecule has 10 heteroatoms. The van der Waals surface area contributed by atoms with E-state index in [1.54, 1.807) is 41.4 Å². The molecular formula is C28H19BrF3N3O3. The van der Waals surface area contributed by atoms with Crippen LogP contribution in [0.5, 0.6) is 0 Å². The van der Waals surface area contributed by atoms with Crippen molar-refractivity contribution in [2.75, 3.05) is 10.2 Å². The number of rotatable bonds is 3. The number of carbonyl (C=O) groups excluding carboxylic acids is 3. The fraction of sp³-hybridized carbons (Fsp3) is 0.179. The van der Waals surface area contributed by atoms with Crippen LogP contribution >= 0.6 is 15.9 Å². The van der Waals surface area contributed by atoms with E-state index in [0.717, 1.165) is 32.6 Å². The van der Waals surface area contributed by atoms with Crippen molar-refractivity contribution >= 4 is 51.1 Å². The lowest BCUT2D eigenvalue weighted by Gasteiger charge is -2.35. The Balaban J connectivity index is 1.41. The van der Waals surface area contributed by atoms with Crippen LogP contribution < -0.4 is 10.2 Å². The summed E-state index contributed by atoms with van der Waals surface area (Å²) in [5.74, 6) is -3.49. The predicted octanol–water partition coefficient (Wildman–Crippen LogP) is 5.62. The fourth-order valence-electron chi connectivity index (χ4n) is 5.69. The number of amides is 3. The van der Waals surface area contributed by atoms with Gasteiger partial charge in [0.25, 0.3) is 0 Å². The number of nitrogens with one attached hydrogen (secondary N) is 1. The Kier molecular flexibility index (Phi) is 5.68. The summed E-state index contributed by atoms with van der Waals surface area (Å²) in [7, 11) is 0. The molecule has 4 atom stereocenters.